The second-order valence-corrected chi connectivity index (χ2v) is 22.8. The predicted molar refractivity (Wildman–Crippen MR) is 139 cm³/mol. The lowest BCUT2D eigenvalue weighted by molar-refractivity contribution is 0.201. The van der Waals surface area contributed by atoms with Crippen molar-refractivity contribution in [3.63, 3.8) is 0 Å². The molecule has 0 spiro atoms. The predicted octanol–water partition coefficient (Wildman–Crippen LogP) is 8.15. The van der Waals surface area contributed by atoms with E-state index in [1.807, 2.05) is 18.2 Å². The van der Waals surface area contributed by atoms with Crippen molar-refractivity contribution in [1.82, 2.24) is 4.67 Å². The Kier molecular flexibility index (Phi) is 7.44. The molecule has 2 aromatic carbocycles. The van der Waals surface area contributed by atoms with Gasteiger partial charge in [0, 0.05) is 11.1 Å². The van der Waals surface area contributed by atoms with Crippen molar-refractivity contribution >= 4 is 35.6 Å². The Morgan fingerprint density at radius 1 is 1.00 bits per heavy atom. The van der Waals surface area contributed by atoms with E-state index in [9.17, 15) is 0 Å². The Morgan fingerprint density at radius 3 is 2.10 bits per heavy atom. The highest BCUT2D eigenvalue weighted by molar-refractivity contribution is 7.60. The smallest absolute Gasteiger partial charge is 0.185 e. The number of rotatable bonds is 6. The van der Waals surface area contributed by atoms with E-state index in [0.717, 1.165) is 10.6 Å². The van der Waals surface area contributed by atoms with E-state index in [2.05, 4.69) is 94.3 Å². The third kappa shape index (κ3) is 5.80. The third-order valence-electron chi connectivity index (χ3n) is 5.25. The van der Waals surface area contributed by atoms with E-state index in [4.69, 9.17) is 25.0 Å². The molecule has 0 aromatic heterocycles. The van der Waals surface area contributed by atoms with Gasteiger partial charge in [-0.3, -0.25) is 0 Å². The average molecular weight is 495 g/mol. The number of likely N-dealkylation sites (N-methyl/N-ethyl adjacent to an activating group) is 1. The van der Waals surface area contributed by atoms with Crippen LogP contribution in [0.1, 0.15) is 30.0 Å². The van der Waals surface area contributed by atoms with Crippen LogP contribution in [0.15, 0.2) is 59.0 Å². The van der Waals surface area contributed by atoms with Crippen LogP contribution in [0.3, 0.4) is 0 Å². The SMILES string of the molecule is C[C@H]1[C@@H](c2ccccc2)O[P@@](=N[Si](C)(C)C)([C@@H](O[Si](C)(C)C)c2ccc(Cl)cc2)N1C. The molecule has 31 heavy (non-hydrogen) atoms. The summed E-state index contributed by atoms with van der Waals surface area (Å²) in [6, 6.07) is 18.7. The molecule has 0 N–H and O–H groups in total. The van der Waals surface area contributed by atoms with Crippen molar-refractivity contribution in [3.05, 3.63) is 70.7 Å². The van der Waals surface area contributed by atoms with E-state index in [1.165, 1.54) is 5.56 Å². The van der Waals surface area contributed by atoms with Crippen molar-refractivity contribution in [1.29, 1.82) is 0 Å². The van der Waals surface area contributed by atoms with Gasteiger partial charge in [0.05, 0.1) is 0 Å². The molecule has 0 unspecified atom stereocenters. The van der Waals surface area contributed by atoms with Gasteiger partial charge in [0.1, 0.15) is 11.9 Å². The zero-order valence-electron chi connectivity index (χ0n) is 20.0. The fourth-order valence-corrected chi connectivity index (χ4v) is 13.3. The highest BCUT2D eigenvalue weighted by atomic mass is 35.5. The molecule has 4 nitrogen and oxygen atoms in total. The zero-order chi connectivity index (χ0) is 23.0. The molecule has 1 fully saturated rings. The summed E-state index contributed by atoms with van der Waals surface area (Å²) in [5, 5.41) is 0.723. The molecule has 2 aromatic rings. The van der Waals surface area contributed by atoms with Crippen molar-refractivity contribution in [2.45, 2.75) is 64.2 Å². The van der Waals surface area contributed by atoms with Gasteiger partial charge >= 0.3 is 0 Å². The fourth-order valence-electron chi connectivity index (χ4n) is 3.86. The molecule has 0 aliphatic carbocycles. The maximum absolute atomic E-state index is 7.10. The van der Waals surface area contributed by atoms with Crippen LogP contribution in [0.5, 0.6) is 0 Å². The van der Waals surface area contributed by atoms with Gasteiger partial charge in [-0.15, -0.1) is 0 Å². The second-order valence-electron chi connectivity index (χ2n) is 10.2. The molecule has 1 saturated heterocycles. The van der Waals surface area contributed by atoms with Gasteiger partial charge in [-0.25, -0.2) is 4.67 Å². The summed E-state index contributed by atoms with van der Waals surface area (Å²) in [6.45, 7) is 15.8. The lowest BCUT2D eigenvalue weighted by Crippen LogP contribution is -2.32. The summed E-state index contributed by atoms with van der Waals surface area (Å²) in [6.07, 6.45) is -0.0420. The molecule has 1 heterocycles. The molecule has 3 rings (SSSR count). The number of hydrogen-bond donors (Lipinski definition) is 0. The van der Waals surface area contributed by atoms with Crippen molar-refractivity contribution in [2.24, 2.45) is 4.41 Å². The quantitative estimate of drug-likeness (QED) is 0.300. The molecule has 0 bridgehead atoms. The third-order valence-corrected chi connectivity index (χ3v) is 13.0. The normalized spacial score (nSPS) is 26.1. The summed E-state index contributed by atoms with van der Waals surface area (Å²) < 4.78 is 21.9. The zero-order valence-corrected chi connectivity index (χ0v) is 23.6. The van der Waals surface area contributed by atoms with Crippen molar-refractivity contribution in [3.8, 4) is 0 Å². The van der Waals surface area contributed by atoms with Crippen LogP contribution in [0.2, 0.25) is 44.3 Å². The lowest BCUT2D eigenvalue weighted by atomic mass is 10.0. The molecule has 4 atom stereocenters. The van der Waals surface area contributed by atoms with Crippen molar-refractivity contribution in [2.75, 3.05) is 7.05 Å². The van der Waals surface area contributed by atoms with Crippen LogP contribution in [0.4, 0.5) is 0 Å². The molecule has 1 aliphatic heterocycles. The van der Waals surface area contributed by atoms with Gasteiger partial charge in [-0.05, 0) is 76.5 Å². The summed E-state index contributed by atoms with van der Waals surface area (Å²) in [5.41, 5.74) is 2.28. The largest absolute Gasteiger partial charge is 0.402 e. The van der Waals surface area contributed by atoms with E-state index >= 15 is 0 Å². The van der Waals surface area contributed by atoms with Gasteiger partial charge in [0.15, 0.2) is 24.0 Å². The van der Waals surface area contributed by atoms with Crippen LogP contribution in [-0.4, -0.2) is 34.3 Å². The summed E-state index contributed by atoms with van der Waals surface area (Å²) in [7, 11) is -4.10. The molecular weight excluding hydrogens is 459 g/mol. The second kappa shape index (κ2) is 9.26. The molecule has 0 saturated carbocycles. The summed E-state index contributed by atoms with van der Waals surface area (Å²) in [5.74, 6) is -0.232. The van der Waals surface area contributed by atoms with Gasteiger partial charge in [-0.2, -0.15) is 0 Å². The Balaban J connectivity index is 2.22. The van der Waals surface area contributed by atoms with Crippen LogP contribution in [0, 0.1) is 0 Å². The minimum Gasteiger partial charge on any atom is -0.402 e. The molecular formula is C23H36ClN2O2PSi2. The maximum atomic E-state index is 7.10. The Hall–Kier alpha value is -0.726. The Bertz CT molecular complexity index is 943. The first-order valence-electron chi connectivity index (χ1n) is 10.9. The van der Waals surface area contributed by atoms with Crippen LogP contribution in [-0.2, 0) is 8.95 Å². The number of halogens is 1. The van der Waals surface area contributed by atoms with Crippen LogP contribution < -0.4 is 0 Å². The molecule has 8 heteroatoms. The first kappa shape index (κ1) is 24.9. The fraction of sp³-hybridized carbons (Fsp3) is 0.478. The van der Waals surface area contributed by atoms with Crippen LogP contribution in [0.25, 0.3) is 0 Å². The molecule has 1 aliphatic rings. The lowest BCUT2D eigenvalue weighted by Gasteiger charge is -2.39. The van der Waals surface area contributed by atoms with E-state index in [-0.39, 0.29) is 18.0 Å². The van der Waals surface area contributed by atoms with E-state index in [0.29, 0.717) is 0 Å². The summed E-state index contributed by atoms with van der Waals surface area (Å²) >= 11 is 6.22. The monoisotopic (exact) mass is 494 g/mol. The minimum absolute atomic E-state index is 0.0420. The van der Waals surface area contributed by atoms with Crippen LogP contribution >= 0.6 is 19.0 Å². The first-order valence-corrected chi connectivity index (χ1v) is 19.8. The number of hydrogen-bond acceptors (Lipinski definition) is 3. The maximum Gasteiger partial charge on any atom is 0.185 e. The Morgan fingerprint density at radius 2 is 1.58 bits per heavy atom. The first-order chi connectivity index (χ1) is 14.3. The average Bonchev–Trinajstić information content (AvgIpc) is 2.91. The highest BCUT2D eigenvalue weighted by Gasteiger charge is 2.51. The standard InChI is InChI=1S/C23H36ClN2O2PSi2/c1-18-22(19-12-10-9-11-13-19)27-29(26(18)2,25-30(3,4)5)23(28-31(6,7)8)20-14-16-21(24)17-15-20/h9-18,22-23H,1-8H3/t18-,22-,23+,29+/m0/s1. The van der Waals surface area contributed by atoms with E-state index < -0.39 is 24.0 Å². The van der Waals surface area contributed by atoms with Gasteiger partial charge in [0.2, 0.25) is 0 Å². The number of benzene rings is 2. The molecule has 0 radical (unpaired) electrons. The topological polar surface area (TPSA) is 34.1 Å². The summed E-state index contributed by atoms with van der Waals surface area (Å²) in [4.78, 5) is 0. The number of nitrogens with zero attached hydrogens (tertiary/aromatic N) is 2. The van der Waals surface area contributed by atoms with Gasteiger partial charge < -0.3 is 13.4 Å². The highest BCUT2D eigenvalue weighted by Crippen LogP contribution is 2.73. The van der Waals surface area contributed by atoms with Gasteiger partial charge in [0.25, 0.3) is 0 Å². The van der Waals surface area contributed by atoms with Crippen molar-refractivity contribution < 1.29 is 8.95 Å². The van der Waals surface area contributed by atoms with E-state index in [1.54, 1.807) is 0 Å². The minimum atomic E-state index is -2.49. The molecule has 170 valence electrons. The molecule has 0 amide bonds. The Labute approximate surface area is 195 Å². The van der Waals surface area contributed by atoms with Gasteiger partial charge in [-0.1, -0.05) is 54.1 Å².